The van der Waals surface area contributed by atoms with E-state index in [4.69, 9.17) is 4.74 Å². The fraction of sp³-hybridized carbons (Fsp3) is 0.219. The van der Waals surface area contributed by atoms with Gasteiger partial charge >= 0.3 is 0 Å². The number of ether oxygens (including phenoxy) is 1. The number of piperidine rings is 1. The van der Waals surface area contributed by atoms with Gasteiger partial charge in [-0.2, -0.15) is 0 Å². The lowest BCUT2D eigenvalue weighted by Gasteiger charge is -2.14. The SMILES string of the molecule is C=CC(=O)Nc1cc2c(Nc3ccc(Oc4ccccc4)c(C)c3)ncnc2cc1C#C[C@H]1[C@H]2CN(C)C[C@@H]12. The van der Waals surface area contributed by atoms with Crippen LogP contribution in [-0.2, 0) is 4.79 Å². The van der Waals surface area contributed by atoms with E-state index in [2.05, 4.69) is 51.0 Å². The van der Waals surface area contributed by atoms with Crippen molar-refractivity contribution < 1.29 is 9.53 Å². The van der Waals surface area contributed by atoms with E-state index >= 15 is 0 Å². The Morgan fingerprint density at radius 3 is 2.64 bits per heavy atom. The summed E-state index contributed by atoms with van der Waals surface area (Å²) in [5.41, 5.74) is 3.93. The average molecular weight is 516 g/mol. The molecule has 2 heterocycles. The number of anilines is 3. The first-order valence-electron chi connectivity index (χ1n) is 13.0. The van der Waals surface area contributed by atoms with Crippen molar-refractivity contribution in [1.82, 2.24) is 14.9 Å². The van der Waals surface area contributed by atoms with Crippen LogP contribution in [0.25, 0.3) is 10.9 Å². The molecule has 0 unspecified atom stereocenters. The Balaban J connectivity index is 1.29. The third kappa shape index (κ3) is 5.20. The Kier molecular flexibility index (Phi) is 6.47. The molecule has 1 saturated carbocycles. The molecule has 4 aromatic rings. The van der Waals surface area contributed by atoms with E-state index in [1.807, 2.05) is 67.6 Å². The molecule has 2 aliphatic rings. The standard InChI is InChI=1S/C32H29N5O2/c1-4-31(38)36-28-16-25-29(15-21(28)10-12-24-26-17-37(3)18-27(24)26)33-19-34-32(25)35-22-11-13-30(20(2)14-22)39-23-8-6-5-7-9-23/h4-9,11,13-16,19,24,26-27H,1,17-18H2,2-3H3,(H,36,38)(H,33,34,35)/t24-,26+,27-. The number of carbonyl (C=O) groups is 1. The van der Waals surface area contributed by atoms with Crippen LogP contribution in [0.4, 0.5) is 17.2 Å². The molecule has 2 N–H and O–H groups in total. The minimum Gasteiger partial charge on any atom is -0.457 e. The Morgan fingerprint density at radius 2 is 1.90 bits per heavy atom. The van der Waals surface area contributed by atoms with Crippen molar-refractivity contribution in [3.8, 4) is 23.3 Å². The summed E-state index contributed by atoms with van der Waals surface area (Å²) >= 11 is 0. The van der Waals surface area contributed by atoms with E-state index in [0.29, 0.717) is 29.3 Å². The maximum absolute atomic E-state index is 12.3. The molecule has 39 heavy (non-hydrogen) atoms. The number of fused-ring (bicyclic) bond motifs is 2. The molecule has 194 valence electrons. The van der Waals surface area contributed by atoms with Gasteiger partial charge in [-0.25, -0.2) is 9.97 Å². The van der Waals surface area contributed by atoms with Crippen LogP contribution in [0.1, 0.15) is 11.1 Å². The molecule has 6 rings (SSSR count). The maximum Gasteiger partial charge on any atom is 0.247 e. The minimum absolute atomic E-state index is 0.293. The summed E-state index contributed by atoms with van der Waals surface area (Å²) in [6.45, 7) is 7.80. The Hall–Kier alpha value is -4.67. The predicted molar refractivity (Wildman–Crippen MR) is 154 cm³/mol. The molecule has 1 saturated heterocycles. The van der Waals surface area contributed by atoms with Gasteiger partial charge in [-0.1, -0.05) is 36.6 Å². The molecule has 2 fully saturated rings. The van der Waals surface area contributed by atoms with Gasteiger partial charge in [0, 0.05) is 30.1 Å². The molecule has 1 aliphatic heterocycles. The molecule has 3 aromatic carbocycles. The van der Waals surface area contributed by atoms with Gasteiger partial charge in [0.1, 0.15) is 23.6 Å². The number of aryl methyl sites for hydroxylation is 1. The highest BCUT2D eigenvalue weighted by Crippen LogP contribution is 2.50. The zero-order chi connectivity index (χ0) is 26.9. The summed E-state index contributed by atoms with van der Waals surface area (Å²) in [6.07, 6.45) is 2.79. The molecular formula is C32H29N5O2. The number of nitrogens with one attached hydrogen (secondary N) is 2. The summed E-state index contributed by atoms with van der Waals surface area (Å²) in [5, 5.41) is 7.09. The highest BCUT2D eigenvalue weighted by atomic mass is 16.5. The first-order chi connectivity index (χ1) is 19.0. The van der Waals surface area contributed by atoms with E-state index in [-0.39, 0.29) is 5.91 Å². The van der Waals surface area contributed by atoms with Crippen molar-refractivity contribution in [2.24, 2.45) is 17.8 Å². The van der Waals surface area contributed by atoms with Gasteiger partial charge in [-0.3, -0.25) is 4.79 Å². The van der Waals surface area contributed by atoms with E-state index < -0.39 is 0 Å². The Bertz CT molecular complexity index is 1630. The molecule has 1 aromatic heterocycles. The zero-order valence-corrected chi connectivity index (χ0v) is 21.9. The Morgan fingerprint density at radius 1 is 1.10 bits per heavy atom. The van der Waals surface area contributed by atoms with Gasteiger partial charge in [0.05, 0.1) is 16.8 Å². The second kappa shape index (κ2) is 10.2. The van der Waals surface area contributed by atoms with Gasteiger partial charge in [0.25, 0.3) is 0 Å². The minimum atomic E-state index is -0.293. The van der Waals surface area contributed by atoms with E-state index in [1.54, 1.807) is 0 Å². The topological polar surface area (TPSA) is 79.4 Å². The van der Waals surface area contributed by atoms with E-state index in [9.17, 15) is 4.79 Å². The summed E-state index contributed by atoms with van der Waals surface area (Å²) < 4.78 is 6.02. The van der Waals surface area contributed by atoms with Crippen molar-refractivity contribution in [2.45, 2.75) is 6.92 Å². The molecule has 0 bridgehead atoms. The van der Waals surface area contributed by atoms with E-state index in [0.717, 1.165) is 52.3 Å². The first-order valence-corrected chi connectivity index (χ1v) is 13.0. The number of aromatic nitrogens is 2. The van der Waals surface area contributed by atoms with Gasteiger partial charge in [0.15, 0.2) is 0 Å². The average Bonchev–Trinajstić information content (AvgIpc) is 3.41. The predicted octanol–water partition coefficient (Wildman–Crippen LogP) is 5.76. The molecule has 1 amide bonds. The summed E-state index contributed by atoms with van der Waals surface area (Å²) in [5.74, 6) is 10.4. The van der Waals surface area contributed by atoms with Crippen molar-refractivity contribution >= 4 is 34.0 Å². The molecule has 0 radical (unpaired) electrons. The summed E-state index contributed by atoms with van der Waals surface area (Å²) in [4.78, 5) is 23.6. The highest BCUT2D eigenvalue weighted by molar-refractivity contribution is 6.03. The number of para-hydroxylation sites is 1. The van der Waals surface area contributed by atoms with Crippen LogP contribution < -0.4 is 15.4 Å². The van der Waals surface area contributed by atoms with E-state index in [1.165, 1.54) is 12.4 Å². The first kappa shape index (κ1) is 24.7. The van der Waals surface area contributed by atoms with Crippen LogP contribution in [0.5, 0.6) is 11.5 Å². The lowest BCUT2D eigenvalue weighted by atomic mass is 10.1. The highest BCUT2D eigenvalue weighted by Gasteiger charge is 2.53. The summed E-state index contributed by atoms with van der Waals surface area (Å²) in [6, 6.07) is 19.4. The largest absolute Gasteiger partial charge is 0.457 e. The summed E-state index contributed by atoms with van der Waals surface area (Å²) in [7, 11) is 2.16. The number of carbonyl (C=O) groups excluding carboxylic acids is 1. The number of benzene rings is 3. The second-order valence-electron chi connectivity index (χ2n) is 10.2. The second-order valence-corrected chi connectivity index (χ2v) is 10.2. The van der Waals surface area contributed by atoms with Crippen molar-refractivity contribution in [1.29, 1.82) is 0 Å². The molecular weight excluding hydrogens is 486 g/mol. The zero-order valence-electron chi connectivity index (χ0n) is 21.9. The molecule has 7 heteroatoms. The van der Waals surface area contributed by atoms with Crippen LogP contribution in [0.2, 0.25) is 0 Å². The monoisotopic (exact) mass is 515 g/mol. The number of rotatable bonds is 6. The van der Waals surface area contributed by atoms with Crippen LogP contribution in [0.15, 0.2) is 79.6 Å². The van der Waals surface area contributed by atoms with Gasteiger partial charge < -0.3 is 20.3 Å². The number of hydrogen-bond acceptors (Lipinski definition) is 6. The lowest BCUT2D eigenvalue weighted by molar-refractivity contribution is -0.111. The quantitative estimate of drug-likeness (QED) is 0.251. The van der Waals surface area contributed by atoms with Crippen LogP contribution in [-0.4, -0.2) is 40.9 Å². The number of likely N-dealkylation sites (tertiary alicyclic amines) is 1. The normalized spacial score (nSPS) is 19.5. The molecule has 1 aliphatic carbocycles. The van der Waals surface area contributed by atoms with Crippen LogP contribution >= 0.6 is 0 Å². The smallest absolute Gasteiger partial charge is 0.247 e. The van der Waals surface area contributed by atoms with Crippen LogP contribution in [0, 0.1) is 36.5 Å². The number of hydrogen-bond donors (Lipinski definition) is 2. The molecule has 0 spiro atoms. The third-order valence-corrected chi connectivity index (χ3v) is 7.38. The van der Waals surface area contributed by atoms with Crippen LogP contribution in [0.3, 0.4) is 0 Å². The number of amides is 1. The van der Waals surface area contributed by atoms with Gasteiger partial charge in [0.2, 0.25) is 5.91 Å². The fourth-order valence-electron chi connectivity index (χ4n) is 5.30. The number of nitrogens with zero attached hydrogens (tertiary/aromatic N) is 3. The maximum atomic E-state index is 12.3. The molecule has 3 atom stereocenters. The fourth-order valence-corrected chi connectivity index (χ4v) is 5.30. The van der Waals surface area contributed by atoms with Gasteiger partial charge in [-0.05, 0) is 79.9 Å². The van der Waals surface area contributed by atoms with Gasteiger partial charge in [-0.15, -0.1) is 0 Å². The third-order valence-electron chi connectivity index (χ3n) is 7.38. The van der Waals surface area contributed by atoms with Crippen molar-refractivity contribution in [3.05, 3.63) is 90.8 Å². The lowest BCUT2D eigenvalue weighted by Crippen LogP contribution is -2.18. The Labute approximate surface area is 227 Å². The van der Waals surface area contributed by atoms with Crippen molar-refractivity contribution in [2.75, 3.05) is 30.8 Å². The molecule has 7 nitrogen and oxygen atoms in total. The van der Waals surface area contributed by atoms with Crippen molar-refractivity contribution in [3.63, 3.8) is 0 Å².